The van der Waals surface area contributed by atoms with Gasteiger partial charge in [-0.1, -0.05) is 71.2 Å². The summed E-state index contributed by atoms with van der Waals surface area (Å²) in [6.07, 6.45) is 7.46. The molecule has 1 saturated heterocycles. The molecule has 108 heavy (non-hydrogen) atoms. The number of H-pyrrole nitrogens is 2. The van der Waals surface area contributed by atoms with Crippen LogP contribution in [-0.4, -0.2) is 147 Å². The topological polar surface area (TPSA) is 395 Å². The number of nitrogens with zero attached hydrogens (tertiary/aromatic N) is 10. The van der Waals surface area contributed by atoms with Crippen LogP contribution in [0.2, 0.25) is 15.1 Å². The Morgan fingerprint density at radius 3 is 1.36 bits per heavy atom. The molecule has 1 aliphatic heterocycles. The van der Waals surface area contributed by atoms with E-state index < -0.39 is 15.9 Å². The van der Waals surface area contributed by atoms with Crippen LogP contribution in [0.1, 0.15) is 53.6 Å². The standard InChI is InChI=1S/C26H28ClN7O4S.C24H23ClN8O3.C23H21ClN6O2S/c1-16-12-22(29-26-28-15-21(27)25(31-26)30-24-13-17(2)32-33-24)23(37-3)14-20(16)18-4-6-19(7-5-18)39(35,36)34-8-10-38-11-9-34;1-12-8-17(18(36-3)9-15(12)13-4-6-14(7-5-13)23(35)27-2)31-24-28-10-16(25)21(33-24)32-22-19(20(26)34)29-11-30-22;1-13-10-18(28-22-27-12-17(24)20(29-22)30-23-26-8-9-33-23)19(32-3)11-16(13)14-4-6-15(7-5-14)21(31)25-2/h4-7,12-15H,8-11H2,1-3H3,(H3,28,29,30,31,32,33);4-11H,1-3H3,(H2,26,34)(H,27,35)(H,29,30)(H2,28,31,32,33);4-12H,1-3H3,(H,25,31)(H2,26,27,28,29,30). The number of anilines is 12. The lowest BCUT2D eigenvalue weighted by atomic mass is 9.98. The SMILES string of the molecule is CNC(=O)c1ccc(-c2cc(OC)c(Nc3ncc(Cl)c(Nc4nc[nH]c4C(N)=O)n3)cc2C)cc1.CNC(=O)c1ccc(-c2cc(OC)c(Nc3ncc(Cl)c(Nc4nccs4)n3)cc2C)cc1.COc1cc(-c2ccc(S(=O)(=O)N3CCOCC3)cc2)c(C)cc1Nc1ncc(Cl)c(Nc2cc(C)[nH]n2)n1. The largest absolute Gasteiger partial charge is 0.495 e. The van der Waals surface area contributed by atoms with Gasteiger partial charge in [0.05, 0.1) is 81.4 Å². The number of aromatic nitrogens is 11. The Labute approximate surface area is 639 Å². The lowest BCUT2D eigenvalue weighted by Crippen LogP contribution is -2.40. The van der Waals surface area contributed by atoms with Gasteiger partial charge in [0.2, 0.25) is 27.9 Å². The molecule has 35 heteroatoms. The van der Waals surface area contributed by atoms with Gasteiger partial charge < -0.3 is 72.2 Å². The van der Waals surface area contributed by atoms with Gasteiger partial charge in [-0.3, -0.25) is 19.5 Å². The van der Waals surface area contributed by atoms with Crippen molar-refractivity contribution in [3.63, 3.8) is 0 Å². The quantitative estimate of drug-likeness (QED) is 0.0283. The first-order valence-corrected chi connectivity index (χ1v) is 36.3. The van der Waals surface area contributed by atoms with Gasteiger partial charge in [0.1, 0.15) is 38.0 Å². The number of benzene rings is 6. The number of aromatic amines is 2. The van der Waals surface area contributed by atoms with Crippen LogP contribution < -0.4 is 62.5 Å². The molecule has 0 aliphatic carbocycles. The van der Waals surface area contributed by atoms with E-state index in [0.717, 1.165) is 55.8 Å². The molecule has 556 valence electrons. The number of nitrogens with two attached hydrogens (primary N) is 1. The Hall–Kier alpha value is -12.0. The zero-order chi connectivity index (χ0) is 76.8. The van der Waals surface area contributed by atoms with E-state index in [9.17, 15) is 22.8 Å². The monoisotopic (exact) mass is 1560 g/mol. The Balaban J connectivity index is 0.000000162. The molecule has 30 nitrogen and oxygen atoms in total. The zero-order valence-corrected chi connectivity index (χ0v) is 63.3. The smallest absolute Gasteiger partial charge is 0.269 e. The van der Waals surface area contributed by atoms with E-state index in [4.69, 9.17) is 59.5 Å². The molecule has 1 aliphatic rings. The van der Waals surface area contributed by atoms with Crippen LogP contribution in [0.5, 0.6) is 17.2 Å². The summed E-state index contributed by atoms with van der Waals surface area (Å²) in [4.78, 5) is 72.5. The number of thiazole rings is 1. The van der Waals surface area contributed by atoms with Crippen molar-refractivity contribution < 1.29 is 41.7 Å². The minimum Gasteiger partial charge on any atom is -0.495 e. The highest BCUT2D eigenvalue weighted by atomic mass is 35.5. The van der Waals surface area contributed by atoms with Crippen LogP contribution in [0.25, 0.3) is 33.4 Å². The molecule has 12 aromatic rings. The molecule has 12 N–H and O–H groups in total. The third-order valence-corrected chi connectivity index (χ3v) is 19.9. The van der Waals surface area contributed by atoms with Crippen molar-refractivity contribution in [2.45, 2.75) is 32.6 Å². The average Bonchev–Trinajstić information content (AvgIpc) is 0.821. The molecule has 0 saturated carbocycles. The lowest BCUT2D eigenvalue weighted by molar-refractivity contribution is 0.0730. The van der Waals surface area contributed by atoms with Crippen molar-refractivity contribution in [3.05, 3.63) is 206 Å². The molecule has 7 heterocycles. The first-order chi connectivity index (χ1) is 52.0. The number of morpholine rings is 1. The molecular formula is C73H72Cl3N21O9S2. The van der Waals surface area contributed by atoms with Gasteiger partial charge in [0.15, 0.2) is 34.2 Å². The number of ether oxygens (including phenoxy) is 4. The molecule has 1 fully saturated rings. The van der Waals surface area contributed by atoms with E-state index in [1.54, 1.807) is 90.2 Å². The normalized spacial score (nSPS) is 11.9. The van der Waals surface area contributed by atoms with Crippen molar-refractivity contribution >= 4 is 143 Å². The van der Waals surface area contributed by atoms with Crippen LogP contribution in [0.4, 0.5) is 69.1 Å². The second kappa shape index (κ2) is 34.9. The predicted molar refractivity (Wildman–Crippen MR) is 419 cm³/mol. The second-order valence-electron chi connectivity index (χ2n) is 23.6. The number of sulfonamides is 1. The van der Waals surface area contributed by atoms with Crippen molar-refractivity contribution in [1.29, 1.82) is 0 Å². The molecule has 0 bridgehead atoms. The summed E-state index contributed by atoms with van der Waals surface area (Å²) in [5.41, 5.74) is 18.0. The van der Waals surface area contributed by atoms with Gasteiger partial charge in [0, 0.05) is 61.6 Å². The van der Waals surface area contributed by atoms with E-state index in [1.807, 2.05) is 99.8 Å². The molecule has 3 amide bonds. The summed E-state index contributed by atoms with van der Waals surface area (Å²) in [6, 6.07) is 35.0. The zero-order valence-electron chi connectivity index (χ0n) is 59.4. The maximum absolute atomic E-state index is 13.0. The Morgan fingerprint density at radius 2 is 0.972 bits per heavy atom. The predicted octanol–water partition coefficient (Wildman–Crippen LogP) is 13.9. The number of carbonyl (C=O) groups is 3. The van der Waals surface area contributed by atoms with Gasteiger partial charge in [-0.05, 0) is 151 Å². The number of methoxy groups -OCH3 is 3. The number of halogens is 3. The summed E-state index contributed by atoms with van der Waals surface area (Å²) >= 11 is 20.2. The van der Waals surface area contributed by atoms with Crippen LogP contribution >= 0.6 is 46.1 Å². The van der Waals surface area contributed by atoms with Gasteiger partial charge >= 0.3 is 0 Å². The molecule has 0 atom stereocenters. The van der Waals surface area contributed by atoms with Gasteiger partial charge in [0.25, 0.3) is 17.7 Å². The van der Waals surface area contributed by atoms with Gasteiger partial charge in [-0.15, -0.1) is 11.3 Å². The van der Waals surface area contributed by atoms with E-state index in [2.05, 4.69) is 97.6 Å². The number of amides is 3. The van der Waals surface area contributed by atoms with Crippen LogP contribution in [-0.2, 0) is 14.8 Å². The number of imidazole rings is 1. The second-order valence-corrected chi connectivity index (χ2v) is 27.7. The molecule has 6 aromatic heterocycles. The number of aryl methyl sites for hydroxylation is 4. The third-order valence-electron chi connectivity index (χ3n) is 16.5. The maximum atomic E-state index is 13.0. The van der Waals surface area contributed by atoms with Crippen LogP contribution in [0.3, 0.4) is 0 Å². The van der Waals surface area contributed by atoms with Gasteiger partial charge in [-0.2, -0.15) is 24.4 Å². The summed E-state index contributed by atoms with van der Waals surface area (Å²) in [6.45, 7) is 9.34. The fourth-order valence-electron chi connectivity index (χ4n) is 11.0. The number of hydrogen-bond donors (Lipinski definition) is 11. The number of rotatable bonds is 23. The summed E-state index contributed by atoms with van der Waals surface area (Å²) in [5, 5.41) is 34.3. The van der Waals surface area contributed by atoms with E-state index in [1.165, 1.54) is 40.6 Å². The lowest BCUT2D eigenvalue weighted by Gasteiger charge is -2.26. The summed E-state index contributed by atoms with van der Waals surface area (Å²) in [5.74, 6) is 3.57. The van der Waals surface area contributed by atoms with E-state index in [0.29, 0.717) is 116 Å². The van der Waals surface area contributed by atoms with Crippen LogP contribution in [0, 0.1) is 27.7 Å². The van der Waals surface area contributed by atoms with Gasteiger partial charge in [-0.25, -0.2) is 33.3 Å². The summed E-state index contributed by atoms with van der Waals surface area (Å²) < 4.78 is 49.6. The van der Waals surface area contributed by atoms with Crippen molar-refractivity contribution in [3.8, 4) is 50.6 Å². The summed E-state index contributed by atoms with van der Waals surface area (Å²) in [7, 11) is 4.38. The number of nitrogens with one attached hydrogen (secondary N) is 10. The Morgan fingerprint density at radius 1 is 0.546 bits per heavy atom. The van der Waals surface area contributed by atoms with Crippen molar-refractivity contribution in [2.75, 3.05) is 93.6 Å². The van der Waals surface area contributed by atoms with Crippen molar-refractivity contribution in [1.82, 2.24) is 70.0 Å². The number of carbonyl (C=O) groups excluding carboxylic acids is 3. The minimum absolute atomic E-state index is 0.0930. The van der Waals surface area contributed by atoms with Crippen LogP contribution in [0.15, 0.2) is 157 Å². The minimum atomic E-state index is -3.57. The third kappa shape index (κ3) is 18.6. The average molecular weight is 1560 g/mol. The molecular weight excluding hydrogens is 1490 g/mol. The molecule has 0 radical (unpaired) electrons. The van der Waals surface area contributed by atoms with E-state index in [-0.39, 0.29) is 45.0 Å². The van der Waals surface area contributed by atoms with E-state index >= 15 is 0 Å². The molecule has 6 aromatic carbocycles. The van der Waals surface area contributed by atoms with Crippen molar-refractivity contribution in [2.24, 2.45) is 5.73 Å². The first-order valence-electron chi connectivity index (χ1n) is 32.9. The number of primary amides is 1. The fourth-order valence-corrected chi connectivity index (χ4v) is 13.4. The maximum Gasteiger partial charge on any atom is 0.269 e. The highest BCUT2D eigenvalue weighted by Crippen LogP contribution is 2.40. The highest BCUT2D eigenvalue weighted by molar-refractivity contribution is 7.89. The Bertz CT molecular complexity index is 5340. The first kappa shape index (κ1) is 77.1. The molecule has 0 spiro atoms. The number of hydrogen-bond acceptors (Lipinski definition) is 25. The molecule has 0 unspecified atom stereocenters. The highest BCUT2D eigenvalue weighted by Gasteiger charge is 2.27. The molecule has 13 rings (SSSR count). The fraction of sp³-hybridized carbons (Fsp3) is 0.178. The Kier molecular flexibility index (Phi) is 24.9.